The maximum Gasteiger partial charge on any atom is 0.422 e. The summed E-state index contributed by atoms with van der Waals surface area (Å²) in [4.78, 5) is 3.95. The number of nitrogens with zero attached hydrogens (tertiary/aromatic N) is 1. The number of halogens is 3. The largest absolute Gasteiger partial charge is 0.484 e. The molecule has 0 bridgehead atoms. The maximum absolute atomic E-state index is 12.3. The van der Waals surface area contributed by atoms with E-state index in [2.05, 4.69) is 21.5 Å². The Morgan fingerprint density at radius 3 is 2.68 bits per heavy atom. The summed E-state index contributed by atoms with van der Waals surface area (Å²) in [5, 5.41) is 5.82. The van der Waals surface area contributed by atoms with Crippen molar-refractivity contribution in [2.75, 3.05) is 20.2 Å². The van der Waals surface area contributed by atoms with Gasteiger partial charge in [0, 0.05) is 19.2 Å². The molecule has 0 radical (unpaired) electrons. The molecule has 4 nitrogen and oxygen atoms in total. The van der Waals surface area contributed by atoms with Crippen LogP contribution in [-0.4, -0.2) is 32.3 Å². The Labute approximate surface area is 127 Å². The predicted octanol–water partition coefficient (Wildman–Crippen LogP) is 2.23. The Kier molecular flexibility index (Phi) is 6.57. The fraction of sp³-hybridized carbons (Fsp3) is 0.400. The van der Waals surface area contributed by atoms with Crippen molar-refractivity contribution in [3.8, 4) is 18.1 Å². The second kappa shape index (κ2) is 8.17. The van der Waals surface area contributed by atoms with Crippen LogP contribution >= 0.6 is 0 Å². The molecule has 7 heteroatoms. The lowest BCUT2D eigenvalue weighted by Crippen LogP contribution is -2.37. The van der Waals surface area contributed by atoms with Crippen molar-refractivity contribution in [1.29, 1.82) is 0 Å². The first kappa shape index (κ1) is 17.7. The van der Waals surface area contributed by atoms with Gasteiger partial charge in [0.25, 0.3) is 0 Å². The normalized spacial score (nSPS) is 11.7. The Balaban J connectivity index is 2.75. The van der Waals surface area contributed by atoms with Crippen molar-refractivity contribution in [3.05, 3.63) is 29.3 Å². The molecule has 0 atom stereocenters. The summed E-state index contributed by atoms with van der Waals surface area (Å²) in [5.74, 6) is 3.06. The van der Waals surface area contributed by atoms with Crippen molar-refractivity contribution in [1.82, 2.24) is 10.6 Å². The van der Waals surface area contributed by atoms with Crippen LogP contribution in [0.1, 0.15) is 11.1 Å². The van der Waals surface area contributed by atoms with Crippen LogP contribution in [0.2, 0.25) is 0 Å². The van der Waals surface area contributed by atoms with Gasteiger partial charge in [-0.25, -0.2) is 0 Å². The van der Waals surface area contributed by atoms with Gasteiger partial charge >= 0.3 is 6.18 Å². The van der Waals surface area contributed by atoms with E-state index in [0.29, 0.717) is 18.1 Å². The van der Waals surface area contributed by atoms with E-state index in [9.17, 15) is 13.2 Å². The van der Waals surface area contributed by atoms with Crippen molar-refractivity contribution < 1.29 is 17.9 Å². The lowest BCUT2D eigenvalue weighted by molar-refractivity contribution is -0.153. The fourth-order valence-corrected chi connectivity index (χ4v) is 1.64. The number of terminal acetylenes is 1. The van der Waals surface area contributed by atoms with Crippen molar-refractivity contribution in [3.63, 3.8) is 0 Å². The van der Waals surface area contributed by atoms with Crippen LogP contribution in [0.5, 0.6) is 5.75 Å². The van der Waals surface area contributed by atoms with Gasteiger partial charge in [0.1, 0.15) is 5.75 Å². The molecule has 2 N–H and O–H groups in total. The first-order valence-electron chi connectivity index (χ1n) is 6.53. The van der Waals surface area contributed by atoms with Gasteiger partial charge in [-0.2, -0.15) is 13.2 Å². The molecule has 0 fully saturated rings. The van der Waals surface area contributed by atoms with E-state index < -0.39 is 12.8 Å². The standard InChI is InChI=1S/C15H18F3N3O/c1-4-7-20-14(19-3)21-9-12-6-5-11(2)8-13(12)22-10-15(16,17)18/h1,5-6,8H,7,9-10H2,2-3H3,(H2,19,20,21). The van der Waals surface area contributed by atoms with Crippen LogP contribution in [0, 0.1) is 19.3 Å². The average Bonchev–Trinajstić information content (AvgIpc) is 2.46. The zero-order valence-electron chi connectivity index (χ0n) is 12.4. The molecule has 1 rings (SSSR count). The first-order valence-corrected chi connectivity index (χ1v) is 6.53. The number of alkyl halides is 3. The summed E-state index contributed by atoms with van der Waals surface area (Å²) in [5.41, 5.74) is 1.41. The van der Waals surface area contributed by atoms with Crippen molar-refractivity contribution >= 4 is 5.96 Å². The Bertz CT molecular complexity index is 562. The molecule has 22 heavy (non-hydrogen) atoms. The van der Waals surface area contributed by atoms with Crippen LogP contribution in [0.15, 0.2) is 23.2 Å². The SMILES string of the molecule is C#CCNC(=NC)NCc1ccc(C)cc1OCC(F)(F)F. The molecule has 0 saturated carbocycles. The molecular formula is C15H18F3N3O. The van der Waals surface area contributed by atoms with Gasteiger partial charge < -0.3 is 15.4 Å². The van der Waals surface area contributed by atoms with Crippen LogP contribution in [-0.2, 0) is 6.54 Å². The quantitative estimate of drug-likeness (QED) is 0.498. The topological polar surface area (TPSA) is 45.7 Å². The second-order valence-corrected chi connectivity index (χ2v) is 4.50. The highest BCUT2D eigenvalue weighted by molar-refractivity contribution is 5.79. The summed E-state index contributed by atoms with van der Waals surface area (Å²) >= 11 is 0. The lowest BCUT2D eigenvalue weighted by Gasteiger charge is -2.15. The van der Waals surface area contributed by atoms with Crippen molar-refractivity contribution in [2.45, 2.75) is 19.6 Å². The number of aryl methyl sites for hydroxylation is 1. The van der Waals surface area contributed by atoms with Gasteiger partial charge in [-0.05, 0) is 18.6 Å². The average molecular weight is 313 g/mol. The Morgan fingerprint density at radius 1 is 1.36 bits per heavy atom. The molecule has 0 unspecified atom stereocenters. The molecular weight excluding hydrogens is 295 g/mol. The molecule has 0 aliphatic heterocycles. The number of aliphatic imine (C=N–C) groups is 1. The van der Waals surface area contributed by atoms with E-state index in [0.717, 1.165) is 5.56 Å². The molecule has 0 aliphatic carbocycles. The molecule has 0 aliphatic rings. The third-order valence-corrected chi connectivity index (χ3v) is 2.64. The molecule has 0 spiro atoms. The minimum absolute atomic E-state index is 0.192. The van der Waals surface area contributed by atoms with E-state index in [1.807, 2.05) is 0 Å². The zero-order valence-corrected chi connectivity index (χ0v) is 12.4. The van der Waals surface area contributed by atoms with E-state index in [1.165, 1.54) is 0 Å². The lowest BCUT2D eigenvalue weighted by atomic mass is 10.1. The summed E-state index contributed by atoms with van der Waals surface area (Å²) in [6.07, 6.45) is 0.762. The van der Waals surface area contributed by atoms with Crippen LogP contribution in [0.3, 0.4) is 0 Å². The van der Waals surface area contributed by atoms with Crippen LogP contribution in [0.25, 0.3) is 0 Å². The van der Waals surface area contributed by atoms with Gasteiger partial charge in [-0.3, -0.25) is 4.99 Å². The van der Waals surface area contributed by atoms with Gasteiger partial charge in [0.15, 0.2) is 12.6 Å². The van der Waals surface area contributed by atoms with Gasteiger partial charge in [-0.15, -0.1) is 6.42 Å². The molecule has 1 aromatic rings. The van der Waals surface area contributed by atoms with E-state index in [1.54, 1.807) is 32.2 Å². The number of rotatable bonds is 5. The smallest absolute Gasteiger partial charge is 0.422 e. The Morgan fingerprint density at radius 2 is 2.09 bits per heavy atom. The molecule has 1 aromatic carbocycles. The molecule has 120 valence electrons. The predicted molar refractivity (Wildman–Crippen MR) is 79.8 cm³/mol. The number of nitrogens with one attached hydrogen (secondary N) is 2. The number of guanidine groups is 1. The summed E-state index contributed by atoms with van der Waals surface area (Å²) in [6.45, 7) is 1.02. The fourth-order valence-electron chi connectivity index (χ4n) is 1.64. The second-order valence-electron chi connectivity index (χ2n) is 4.50. The summed E-state index contributed by atoms with van der Waals surface area (Å²) in [7, 11) is 1.57. The Hall–Kier alpha value is -2.36. The molecule has 0 saturated heterocycles. The maximum atomic E-state index is 12.3. The van der Waals surface area contributed by atoms with Gasteiger partial charge in [0.05, 0.1) is 6.54 Å². The minimum Gasteiger partial charge on any atom is -0.484 e. The third-order valence-electron chi connectivity index (χ3n) is 2.64. The third kappa shape index (κ3) is 6.39. The number of ether oxygens (including phenoxy) is 1. The highest BCUT2D eigenvalue weighted by Crippen LogP contribution is 2.23. The molecule has 0 aromatic heterocycles. The molecule has 0 amide bonds. The van der Waals surface area contributed by atoms with E-state index in [-0.39, 0.29) is 12.3 Å². The number of hydrogen-bond donors (Lipinski definition) is 2. The van der Waals surface area contributed by atoms with Crippen LogP contribution < -0.4 is 15.4 Å². The molecule has 0 heterocycles. The van der Waals surface area contributed by atoms with Gasteiger partial charge in [0.2, 0.25) is 0 Å². The van der Waals surface area contributed by atoms with Gasteiger partial charge in [-0.1, -0.05) is 18.1 Å². The number of hydrogen-bond acceptors (Lipinski definition) is 2. The summed E-state index contributed by atoms with van der Waals surface area (Å²) < 4.78 is 41.8. The van der Waals surface area contributed by atoms with E-state index in [4.69, 9.17) is 11.2 Å². The number of benzene rings is 1. The highest BCUT2D eigenvalue weighted by atomic mass is 19.4. The monoisotopic (exact) mass is 313 g/mol. The van der Waals surface area contributed by atoms with Crippen LogP contribution in [0.4, 0.5) is 13.2 Å². The first-order chi connectivity index (χ1) is 10.4. The zero-order chi connectivity index (χ0) is 16.6. The summed E-state index contributed by atoms with van der Waals surface area (Å²) in [6, 6.07) is 5.08. The highest BCUT2D eigenvalue weighted by Gasteiger charge is 2.28. The van der Waals surface area contributed by atoms with Crippen molar-refractivity contribution in [2.24, 2.45) is 4.99 Å². The van der Waals surface area contributed by atoms with E-state index >= 15 is 0 Å². The minimum atomic E-state index is -4.38.